The van der Waals surface area contributed by atoms with Crippen molar-refractivity contribution in [2.75, 3.05) is 18.8 Å². The fourth-order valence-corrected chi connectivity index (χ4v) is 4.23. The van der Waals surface area contributed by atoms with Gasteiger partial charge in [-0.2, -0.15) is 0 Å². The Morgan fingerprint density at radius 3 is 2.52 bits per heavy atom. The number of aromatic nitrogens is 2. The van der Waals surface area contributed by atoms with Crippen LogP contribution in [-0.2, 0) is 0 Å². The van der Waals surface area contributed by atoms with Crippen molar-refractivity contribution >= 4 is 33.3 Å². The lowest BCUT2D eigenvalue weighted by atomic mass is 10.2. The van der Waals surface area contributed by atoms with Gasteiger partial charge in [0.2, 0.25) is 0 Å². The minimum atomic E-state index is 0.0189. The van der Waals surface area contributed by atoms with Gasteiger partial charge in [-0.3, -0.25) is 4.79 Å². The molecule has 1 aromatic carbocycles. The van der Waals surface area contributed by atoms with E-state index in [0.717, 1.165) is 42.0 Å². The fourth-order valence-electron chi connectivity index (χ4n) is 3.21. The Balaban J connectivity index is 1.70. The molecule has 4 rings (SSSR count). The van der Waals surface area contributed by atoms with E-state index < -0.39 is 0 Å². The molecule has 3 aromatic rings. The van der Waals surface area contributed by atoms with E-state index >= 15 is 0 Å². The molecule has 0 radical (unpaired) electrons. The van der Waals surface area contributed by atoms with Gasteiger partial charge in [0.1, 0.15) is 15.2 Å². The van der Waals surface area contributed by atoms with Gasteiger partial charge in [0.15, 0.2) is 0 Å². The van der Waals surface area contributed by atoms with Crippen molar-refractivity contribution < 1.29 is 4.79 Å². The van der Waals surface area contributed by atoms with E-state index in [0.29, 0.717) is 16.1 Å². The number of benzene rings is 1. The molecule has 0 spiro atoms. The molecule has 0 atom stereocenters. The molecule has 6 heteroatoms. The van der Waals surface area contributed by atoms with E-state index in [1.165, 1.54) is 24.2 Å². The lowest BCUT2D eigenvalue weighted by molar-refractivity contribution is 0.0767. The van der Waals surface area contributed by atoms with Crippen LogP contribution in [0.4, 0.5) is 5.69 Å². The molecule has 0 unspecified atom stereocenters. The summed E-state index contributed by atoms with van der Waals surface area (Å²) in [5.41, 5.74) is 9.12. The monoisotopic (exact) mass is 352 g/mol. The zero-order valence-electron chi connectivity index (χ0n) is 13.9. The molecule has 1 aliphatic heterocycles. The molecule has 2 N–H and O–H groups in total. The van der Waals surface area contributed by atoms with Crippen molar-refractivity contribution in [1.82, 2.24) is 14.9 Å². The van der Waals surface area contributed by atoms with Crippen LogP contribution < -0.4 is 5.73 Å². The van der Waals surface area contributed by atoms with E-state index in [1.54, 1.807) is 6.20 Å². The van der Waals surface area contributed by atoms with E-state index in [2.05, 4.69) is 9.97 Å². The Morgan fingerprint density at radius 2 is 1.80 bits per heavy atom. The van der Waals surface area contributed by atoms with Crippen LogP contribution in [0.15, 0.2) is 36.5 Å². The summed E-state index contributed by atoms with van der Waals surface area (Å²) in [6.07, 6.45) is 6.22. The molecule has 5 nitrogen and oxygen atoms in total. The topological polar surface area (TPSA) is 72.1 Å². The number of nitrogens with two attached hydrogens (primary N) is 1. The third kappa shape index (κ3) is 3.09. The summed E-state index contributed by atoms with van der Waals surface area (Å²) < 4.78 is 0. The molecular formula is C19H20N4OS. The molecule has 1 aliphatic rings. The second-order valence-electron chi connectivity index (χ2n) is 6.33. The summed E-state index contributed by atoms with van der Waals surface area (Å²) in [7, 11) is 0. The van der Waals surface area contributed by atoms with Crippen LogP contribution in [0.25, 0.3) is 21.6 Å². The third-order valence-electron chi connectivity index (χ3n) is 4.60. The molecule has 1 saturated heterocycles. The molecule has 3 heterocycles. The first kappa shape index (κ1) is 16.0. The van der Waals surface area contributed by atoms with Gasteiger partial charge in [-0.15, -0.1) is 11.3 Å². The first-order valence-electron chi connectivity index (χ1n) is 8.64. The first-order chi connectivity index (χ1) is 12.2. The van der Waals surface area contributed by atoms with Gasteiger partial charge in [-0.1, -0.05) is 43.2 Å². The molecule has 25 heavy (non-hydrogen) atoms. The van der Waals surface area contributed by atoms with Gasteiger partial charge in [0, 0.05) is 18.7 Å². The molecule has 1 fully saturated rings. The summed E-state index contributed by atoms with van der Waals surface area (Å²) in [6.45, 7) is 1.62. The van der Waals surface area contributed by atoms with Crippen LogP contribution in [-0.4, -0.2) is 33.9 Å². The molecule has 2 aromatic heterocycles. The van der Waals surface area contributed by atoms with Crippen molar-refractivity contribution in [3.8, 4) is 11.3 Å². The van der Waals surface area contributed by atoms with Gasteiger partial charge in [-0.05, 0) is 12.8 Å². The molecule has 0 saturated carbocycles. The fraction of sp³-hybridized carbons (Fsp3) is 0.316. The Bertz CT molecular complexity index is 898. The van der Waals surface area contributed by atoms with Gasteiger partial charge < -0.3 is 10.6 Å². The number of likely N-dealkylation sites (tertiary alicyclic amines) is 1. The molecule has 0 aliphatic carbocycles. The maximum atomic E-state index is 12.9. The standard InChI is InChI=1S/C19H20N4OS/c20-15-16-18(22-14(12-21-16)13-8-4-3-5-9-13)25-17(15)19(24)23-10-6-1-2-7-11-23/h3-5,8-9,12H,1-2,6-7,10-11,20H2. The maximum absolute atomic E-state index is 12.9. The zero-order valence-corrected chi connectivity index (χ0v) is 14.8. The molecule has 128 valence electrons. The Morgan fingerprint density at radius 1 is 1.08 bits per heavy atom. The molecular weight excluding hydrogens is 332 g/mol. The summed E-state index contributed by atoms with van der Waals surface area (Å²) in [4.78, 5) is 25.3. The maximum Gasteiger partial charge on any atom is 0.266 e. The van der Waals surface area contributed by atoms with Crippen LogP contribution in [0.2, 0.25) is 0 Å². The lowest BCUT2D eigenvalue weighted by Crippen LogP contribution is -2.31. The summed E-state index contributed by atoms with van der Waals surface area (Å²) >= 11 is 1.35. The first-order valence-corrected chi connectivity index (χ1v) is 9.45. The highest BCUT2D eigenvalue weighted by atomic mass is 32.1. The van der Waals surface area contributed by atoms with E-state index in [-0.39, 0.29) is 5.91 Å². The average molecular weight is 352 g/mol. The van der Waals surface area contributed by atoms with Gasteiger partial charge in [0.25, 0.3) is 5.91 Å². The van der Waals surface area contributed by atoms with Gasteiger partial charge >= 0.3 is 0 Å². The second kappa shape index (κ2) is 6.80. The van der Waals surface area contributed by atoms with Crippen LogP contribution in [0.3, 0.4) is 0 Å². The Hall–Kier alpha value is -2.47. The zero-order chi connectivity index (χ0) is 17.2. The van der Waals surface area contributed by atoms with Crippen LogP contribution in [0, 0.1) is 0 Å². The number of carbonyl (C=O) groups excluding carboxylic acids is 1. The second-order valence-corrected chi connectivity index (χ2v) is 7.33. The average Bonchev–Trinajstić information content (AvgIpc) is 2.83. The van der Waals surface area contributed by atoms with E-state index in [4.69, 9.17) is 5.73 Å². The molecule has 1 amide bonds. The minimum Gasteiger partial charge on any atom is -0.396 e. The van der Waals surface area contributed by atoms with Crippen molar-refractivity contribution in [2.24, 2.45) is 0 Å². The number of hydrogen-bond donors (Lipinski definition) is 1. The summed E-state index contributed by atoms with van der Waals surface area (Å²) in [6, 6.07) is 9.90. The summed E-state index contributed by atoms with van der Waals surface area (Å²) in [5.74, 6) is 0.0189. The highest BCUT2D eigenvalue weighted by Gasteiger charge is 2.24. The SMILES string of the molecule is Nc1c(C(=O)N2CCCCCC2)sc2nc(-c3ccccc3)cnc12. The minimum absolute atomic E-state index is 0.0189. The number of anilines is 1. The van der Waals surface area contributed by atoms with Crippen LogP contribution in [0.1, 0.15) is 35.4 Å². The van der Waals surface area contributed by atoms with Crippen molar-refractivity contribution in [3.05, 3.63) is 41.4 Å². The smallest absolute Gasteiger partial charge is 0.266 e. The quantitative estimate of drug-likeness (QED) is 0.758. The van der Waals surface area contributed by atoms with Crippen molar-refractivity contribution in [2.45, 2.75) is 25.7 Å². The number of nitrogen functional groups attached to an aromatic ring is 1. The van der Waals surface area contributed by atoms with Crippen molar-refractivity contribution in [3.63, 3.8) is 0 Å². The predicted octanol–water partition coefficient (Wildman–Crippen LogP) is 3.96. The number of amides is 1. The molecule has 0 bridgehead atoms. The van der Waals surface area contributed by atoms with Gasteiger partial charge in [0.05, 0.1) is 17.6 Å². The van der Waals surface area contributed by atoms with E-state index in [9.17, 15) is 4.79 Å². The van der Waals surface area contributed by atoms with Crippen molar-refractivity contribution in [1.29, 1.82) is 0 Å². The number of rotatable bonds is 2. The highest BCUT2D eigenvalue weighted by molar-refractivity contribution is 7.21. The largest absolute Gasteiger partial charge is 0.396 e. The number of carbonyl (C=O) groups is 1. The predicted molar refractivity (Wildman–Crippen MR) is 102 cm³/mol. The third-order valence-corrected chi connectivity index (χ3v) is 5.67. The van der Waals surface area contributed by atoms with E-state index in [1.807, 2.05) is 35.2 Å². The lowest BCUT2D eigenvalue weighted by Gasteiger charge is -2.19. The Kier molecular flexibility index (Phi) is 4.36. The number of hydrogen-bond acceptors (Lipinski definition) is 5. The number of fused-ring (bicyclic) bond motifs is 1. The Labute approximate surface area is 150 Å². The number of thiophene rings is 1. The van der Waals surface area contributed by atoms with Gasteiger partial charge in [-0.25, -0.2) is 9.97 Å². The summed E-state index contributed by atoms with van der Waals surface area (Å²) in [5, 5.41) is 0. The number of nitrogens with zero attached hydrogens (tertiary/aromatic N) is 3. The van der Waals surface area contributed by atoms with Crippen LogP contribution in [0.5, 0.6) is 0 Å². The van der Waals surface area contributed by atoms with Crippen LogP contribution >= 0.6 is 11.3 Å². The normalized spacial score (nSPS) is 15.3. The highest BCUT2D eigenvalue weighted by Crippen LogP contribution is 2.33.